The van der Waals surface area contributed by atoms with Crippen LogP contribution in [0.25, 0.3) is 0 Å². The van der Waals surface area contributed by atoms with Crippen LogP contribution in [0.3, 0.4) is 0 Å². The highest BCUT2D eigenvalue weighted by Gasteiger charge is 2.22. The molecule has 1 fully saturated rings. The number of nitrogens with zero attached hydrogens (tertiary/aromatic N) is 2. The molecular formula is C17H29N3O. The molecule has 0 radical (unpaired) electrons. The molecule has 0 bridgehead atoms. The minimum Gasteiger partial charge on any atom is -0.491 e. The van der Waals surface area contributed by atoms with Gasteiger partial charge in [-0.2, -0.15) is 0 Å². The fourth-order valence-electron chi connectivity index (χ4n) is 2.91. The molecule has 0 unspecified atom stereocenters. The summed E-state index contributed by atoms with van der Waals surface area (Å²) in [7, 11) is 2.18. The van der Waals surface area contributed by atoms with E-state index in [2.05, 4.69) is 42.8 Å². The average molecular weight is 291 g/mol. The largest absolute Gasteiger partial charge is 0.491 e. The van der Waals surface area contributed by atoms with E-state index in [0.29, 0.717) is 12.6 Å². The van der Waals surface area contributed by atoms with Crippen LogP contribution < -0.4 is 15.4 Å². The average Bonchev–Trinajstić information content (AvgIpc) is 2.53. The number of hydrogen-bond donors (Lipinski definition) is 1. The Morgan fingerprint density at radius 3 is 2.62 bits per heavy atom. The Labute approximate surface area is 128 Å². The van der Waals surface area contributed by atoms with Gasteiger partial charge in [-0.15, -0.1) is 0 Å². The topological polar surface area (TPSA) is 41.7 Å². The molecule has 4 nitrogen and oxygen atoms in total. The smallest absolute Gasteiger partial charge is 0.144 e. The maximum absolute atomic E-state index is 5.99. The summed E-state index contributed by atoms with van der Waals surface area (Å²) in [5.74, 6) is 0.812. The van der Waals surface area contributed by atoms with Crippen molar-refractivity contribution in [3.63, 3.8) is 0 Å². The van der Waals surface area contributed by atoms with Gasteiger partial charge >= 0.3 is 0 Å². The molecule has 0 amide bonds. The number of hydrogen-bond acceptors (Lipinski definition) is 4. The first-order valence-corrected chi connectivity index (χ1v) is 8.13. The summed E-state index contributed by atoms with van der Waals surface area (Å²) in [6.07, 6.45) is 3.44. The molecule has 2 N–H and O–H groups in total. The first-order chi connectivity index (χ1) is 10.2. The molecule has 1 heterocycles. The maximum Gasteiger partial charge on any atom is 0.144 e. The van der Waals surface area contributed by atoms with Gasteiger partial charge in [0, 0.05) is 37.9 Å². The quantitative estimate of drug-likeness (QED) is 0.818. The maximum atomic E-state index is 5.99. The highest BCUT2D eigenvalue weighted by atomic mass is 16.5. The second-order valence-corrected chi connectivity index (χ2v) is 5.85. The Kier molecular flexibility index (Phi) is 5.74. The Balaban J connectivity index is 2.03. The second-order valence-electron chi connectivity index (χ2n) is 5.85. The zero-order valence-corrected chi connectivity index (χ0v) is 13.6. The van der Waals surface area contributed by atoms with Crippen LogP contribution in [0.2, 0.25) is 0 Å². The van der Waals surface area contributed by atoms with E-state index in [1.807, 2.05) is 6.07 Å². The zero-order valence-electron chi connectivity index (χ0n) is 13.6. The predicted molar refractivity (Wildman–Crippen MR) is 90.2 cm³/mol. The van der Waals surface area contributed by atoms with E-state index in [-0.39, 0.29) is 0 Å². The van der Waals surface area contributed by atoms with Crippen LogP contribution in [0.1, 0.15) is 33.1 Å². The molecule has 1 aliphatic heterocycles. The van der Waals surface area contributed by atoms with E-state index in [9.17, 15) is 0 Å². The predicted octanol–water partition coefficient (Wildman–Crippen LogP) is 2.98. The van der Waals surface area contributed by atoms with E-state index in [0.717, 1.165) is 24.4 Å². The summed E-state index contributed by atoms with van der Waals surface area (Å²) in [6, 6.07) is 6.74. The molecule has 1 saturated heterocycles. The number of anilines is 2. The second kappa shape index (κ2) is 7.55. The van der Waals surface area contributed by atoms with Crippen LogP contribution >= 0.6 is 0 Å². The zero-order chi connectivity index (χ0) is 15.2. The van der Waals surface area contributed by atoms with Crippen LogP contribution in [-0.4, -0.2) is 44.2 Å². The van der Waals surface area contributed by atoms with Gasteiger partial charge in [-0.05, 0) is 37.9 Å². The summed E-state index contributed by atoms with van der Waals surface area (Å²) in [4.78, 5) is 4.90. The Morgan fingerprint density at radius 2 is 2.00 bits per heavy atom. The van der Waals surface area contributed by atoms with Gasteiger partial charge in [0.2, 0.25) is 0 Å². The van der Waals surface area contributed by atoms with Crippen molar-refractivity contribution in [3.8, 4) is 5.75 Å². The van der Waals surface area contributed by atoms with Crippen molar-refractivity contribution in [2.75, 3.05) is 43.9 Å². The van der Waals surface area contributed by atoms with Gasteiger partial charge in [-0.25, -0.2) is 0 Å². The van der Waals surface area contributed by atoms with Crippen molar-refractivity contribution < 1.29 is 4.74 Å². The molecule has 21 heavy (non-hydrogen) atoms. The summed E-state index contributed by atoms with van der Waals surface area (Å²) in [6.45, 7) is 8.61. The third kappa shape index (κ3) is 4.03. The summed E-state index contributed by atoms with van der Waals surface area (Å²) >= 11 is 0. The molecule has 118 valence electrons. The first kappa shape index (κ1) is 16.0. The number of likely N-dealkylation sites (tertiary alicyclic amines) is 1. The highest BCUT2D eigenvalue weighted by molar-refractivity contribution is 5.62. The van der Waals surface area contributed by atoms with Crippen LogP contribution in [0.15, 0.2) is 18.2 Å². The number of nitrogen functional groups attached to an aromatic ring is 1. The number of piperidine rings is 1. The lowest BCUT2D eigenvalue weighted by atomic mass is 10.0. The van der Waals surface area contributed by atoms with E-state index in [1.54, 1.807) is 0 Å². The number of rotatable bonds is 6. The van der Waals surface area contributed by atoms with Crippen molar-refractivity contribution in [2.24, 2.45) is 0 Å². The fourth-order valence-corrected chi connectivity index (χ4v) is 2.91. The van der Waals surface area contributed by atoms with Crippen LogP contribution in [0.4, 0.5) is 11.4 Å². The molecule has 0 spiro atoms. The Hall–Kier alpha value is -1.42. The van der Waals surface area contributed by atoms with E-state index in [4.69, 9.17) is 10.5 Å². The highest BCUT2D eigenvalue weighted by Crippen LogP contribution is 2.30. The molecule has 2 rings (SSSR count). The monoisotopic (exact) mass is 291 g/mol. The molecule has 0 atom stereocenters. The van der Waals surface area contributed by atoms with E-state index >= 15 is 0 Å². The lowest BCUT2D eigenvalue weighted by Crippen LogP contribution is -2.43. The lowest BCUT2D eigenvalue weighted by Gasteiger charge is -2.37. The van der Waals surface area contributed by atoms with Gasteiger partial charge in [0.05, 0.1) is 12.3 Å². The molecular weight excluding hydrogens is 262 g/mol. The SMILES string of the molecule is CCCOc1cc(N(C)C2CCN(CC)CC2)ccc1N. The normalized spacial score (nSPS) is 16.9. The molecule has 0 aliphatic carbocycles. The van der Waals surface area contributed by atoms with Gasteiger partial charge < -0.3 is 20.3 Å². The number of nitrogens with two attached hydrogens (primary N) is 1. The number of ether oxygens (including phenoxy) is 1. The molecule has 1 aromatic carbocycles. The molecule has 0 aromatic heterocycles. The third-order valence-corrected chi connectivity index (χ3v) is 4.42. The van der Waals surface area contributed by atoms with Crippen molar-refractivity contribution >= 4 is 11.4 Å². The van der Waals surface area contributed by atoms with Crippen molar-refractivity contribution in [1.82, 2.24) is 4.90 Å². The molecule has 0 saturated carbocycles. The standard InChI is InChI=1S/C17H29N3O/c1-4-12-21-17-13-15(6-7-16(17)18)19(3)14-8-10-20(5-2)11-9-14/h6-7,13-14H,4-5,8-12,18H2,1-3H3. The summed E-state index contributed by atoms with van der Waals surface area (Å²) < 4.78 is 5.74. The number of benzene rings is 1. The van der Waals surface area contributed by atoms with Gasteiger partial charge in [0.1, 0.15) is 5.75 Å². The lowest BCUT2D eigenvalue weighted by molar-refractivity contribution is 0.221. The molecule has 1 aliphatic rings. The minimum absolute atomic E-state index is 0.607. The Morgan fingerprint density at radius 1 is 1.29 bits per heavy atom. The summed E-state index contributed by atoms with van der Waals surface area (Å²) in [5, 5.41) is 0. The van der Waals surface area contributed by atoms with E-state index in [1.165, 1.54) is 31.6 Å². The van der Waals surface area contributed by atoms with E-state index < -0.39 is 0 Å². The Bertz CT molecular complexity index is 442. The first-order valence-electron chi connectivity index (χ1n) is 8.13. The van der Waals surface area contributed by atoms with Crippen LogP contribution in [0.5, 0.6) is 5.75 Å². The van der Waals surface area contributed by atoms with Crippen LogP contribution in [0, 0.1) is 0 Å². The summed E-state index contributed by atoms with van der Waals surface area (Å²) in [5.41, 5.74) is 7.92. The van der Waals surface area contributed by atoms with Gasteiger partial charge in [0.25, 0.3) is 0 Å². The van der Waals surface area contributed by atoms with Crippen LogP contribution in [-0.2, 0) is 0 Å². The van der Waals surface area contributed by atoms with Gasteiger partial charge in [-0.1, -0.05) is 13.8 Å². The van der Waals surface area contributed by atoms with Crippen molar-refractivity contribution in [1.29, 1.82) is 0 Å². The third-order valence-electron chi connectivity index (χ3n) is 4.42. The van der Waals surface area contributed by atoms with Gasteiger partial charge in [0.15, 0.2) is 0 Å². The molecule has 4 heteroatoms. The minimum atomic E-state index is 0.607. The fraction of sp³-hybridized carbons (Fsp3) is 0.647. The van der Waals surface area contributed by atoms with Crippen molar-refractivity contribution in [3.05, 3.63) is 18.2 Å². The molecule has 1 aromatic rings. The van der Waals surface area contributed by atoms with Crippen molar-refractivity contribution in [2.45, 2.75) is 39.2 Å². The van der Waals surface area contributed by atoms with Gasteiger partial charge in [-0.3, -0.25) is 0 Å².